The van der Waals surface area contributed by atoms with Crippen LogP contribution in [0.15, 0.2) is 0 Å². The number of ether oxygens (including phenoxy) is 2. The highest BCUT2D eigenvalue weighted by atomic mass is 32.2. The van der Waals surface area contributed by atoms with Crippen LogP contribution in [0.2, 0.25) is 0 Å². The highest BCUT2D eigenvalue weighted by Crippen LogP contribution is 2.03. The summed E-state index contributed by atoms with van der Waals surface area (Å²) in [7, 11) is -2.29. The van der Waals surface area contributed by atoms with Crippen molar-refractivity contribution in [2.75, 3.05) is 26.1 Å². The van der Waals surface area contributed by atoms with Crippen LogP contribution in [0.4, 0.5) is 0 Å². The maximum absolute atomic E-state index is 11.3. The SMILES string of the molecule is COCCOC(=O)C(C)S(=O)(=O)CC#N. The van der Waals surface area contributed by atoms with E-state index in [0.717, 1.165) is 0 Å². The Morgan fingerprint density at radius 3 is 2.53 bits per heavy atom. The molecule has 0 saturated carbocycles. The van der Waals surface area contributed by atoms with Gasteiger partial charge in [-0.1, -0.05) is 0 Å². The van der Waals surface area contributed by atoms with E-state index < -0.39 is 26.8 Å². The van der Waals surface area contributed by atoms with E-state index in [4.69, 9.17) is 5.26 Å². The number of sulfone groups is 1. The van der Waals surface area contributed by atoms with Crippen LogP contribution < -0.4 is 0 Å². The molecule has 0 fully saturated rings. The molecule has 0 aromatic carbocycles. The van der Waals surface area contributed by atoms with Crippen molar-refractivity contribution in [3.05, 3.63) is 0 Å². The van der Waals surface area contributed by atoms with Gasteiger partial charge >= 0.3 is 5.97 Å². The summed E-state index contributed by atoms with van der Waals surface area (Å²) < 4.78 is 31.8. The van der Waals surface area contributed by atoms with Crippen LogP contribution in [0.5, 0.6) is 0 Å². The molecule has 6 nitrogen and oxygen atoms in total. The molecule has 7 heteroatoms. The van der Waals surface area contributed by atoms with Crippen LogP contribution in [-0.2, 0) is 24.1 Å². The van der Waals surface area contributed by atoms with E-state index in [9.17, 15) is 13.2 Å². The molecule has 1 unspecified atom stereocenters. The number of nitriles is 1. The van der Waals surface area contributed by atoms with E-state index in [1.165, 1.54) is 20.1 Å². The highest BCUT2D eigenvalue weighted by Gasteiger charge is 2.28. The number of hydrogen-bond donors (Lipinski definition) is 0. The fraction of sp³-hybridized carbons (Fsp3) is 0.750. The zero-order valence-electron chi connectivity index (χ0n) is 8.60. The van der Waals surface area contributed by atoms with Crippen molar-refractivity contribution < 1.29 is 22.7 Å². The molecule has 0 heterocycles. The lowest BCUT2D eigenvalue weighted by atomic mass is 10.5. The maximum Gasteiger partial charge on any atom is 0.324 e. The number of hydrogen-bond acceptors (Lipinski definition) is 6. The van der Waals surface area contributed by atoms with Gasteiger partial charge in [0.05, 0.1) is 12.7 Å². The number of nitrogens with zero attached hydrogens (tertiary/aromatic N) is 1. The molecule has 0 rings (SSSR count). The molecule has 0 aliphatic rings. The van der Waals surface area contributed by atoms with Crippen molar-refractivity contribution in [2.45, 2.75) is 12.2 Å². The minimum absolute atomic E-state index is 0.00173. The van der Waals surface area contributed by atoms with Crippen molar-refractivity contribution in [3.63, 3.8) is 0 Å². The fourth-order valence-electron chi connectivity index (χ4n) is 0.705. The third-order valence-electron chi connectivity index (χ3n) is 1.67. The summed E-state index contributed by atoms with van der Waals surface area (Å²) >= 11 is 0. The fourth-order valence-corrected chi connectivity index (χ4v) is 1.50. The third kappa shape index (κ3) is 4.76. The average molecular weight is 235 g/mol. The Bertz CT molecular complexity index is 343. The van der Waals surface area contributed by atoms with Crippen molar-refractivity contribution in [3.8, 4) is 6.07 Å². The van der Waals surface area contributed by atoms with Crippen LogP contribution in [0.1, 0.15) is 6.92 Å². The molecule has 0 aromatic heterocycles. The number of methoxy groups -OCH3 is 1. The smallest absolute Gasteiger partial charge is 0.324 e. The molecular weight excluding hydrogens is 222 g/mol. The molecule has 0 aliphatic carbocycles. The second-order valence-electron chi connectivity index (χ2n) is 2.77. The number of carbonyl (C=O) groups excluding carboxylic acids is 1. The Kier molecular flexibility index (Phi) is 5.89. The first-order valence-electron chi connectivity index (χ1n) is 4.19. The first-order valence-corrected chi connectivity index (χ1v) is 5.91. The second kappa shape index (κ2) is 6.37. The first-order chi connectivity index (χ1) is 6.95. The third-order valence-corrected chi connectivity index (χ3v) is 3.47. The van der Waals surface area contributed by atoms with Gasteiger partial charge in [-0.05, 0) is 6.92 Å². The van der Waals surface area contributed by atoms with Gasteiger partial charge in [0.1, 0.15) is 12.4 Å². The normalized spacial score (nSPS) is 12.9. The Morgan fingerprint density at radius 2 is 2.07 bits per heavy atom. The molecule has 0 bridgehead atoms. The molecule has 1 atom stereocenters. The predicted octanol–water partition coefficient (Wildman–Crippen LogP) is -0.497. The zero-order valence-corrected chi connectivity index (χ0v) is 9.41. The molecule has 0 saturated heterocycles. The predicted molar refractivity (Wildman–Crippen MR) is 51.7 cm³/mol. The van der Waals surface area contributed by atoms with Crippen LogP contribution >= 0.6 is 0 Å². The molecule has 0 aliphatic heterocycles. The lowest BCUT2D eigenvalue weighted by molar-refractivity contribution is -0.144. The van der Waals surface area contributed by atoms with E-state index in [-0.39, 0.29) is 13.2 Å². The van der Waals surface area contributed by atoms with Gasteiger partial charge in [-0.25, -0.2) is 8.42 Å². The number of rotatable bonds is 6. The summed E-state index contributed by atoms with van der Waals surface area (Å²) in [6.07, 6.45) is 0. The van der Waals surface area contributed by atoms with Gasteiger partial charge in [-0.3, -0.25) is 4.79 Å². The van der Waals surface area contributed by atoms with Gasteiger partial charge in [0, 0.05) is 7.11 Å². The van der Waals surface area contributed by atoms with Crippen molar-refractivity contribution >= 4 is 15.8 Å². The van der Waals surface area contributed by atoms with Crippen LogP contribution in [0.3, 0.4) is 0 Å². The number of esters is 1. The quantitative estimate of drug-likeness (QED) is 0.455. The van der Waals surface area contributed by atoms with Gasteiger partial charge in [0.15, 0.2) is 15.1 Å². The van der Waals surface area contributed by atoms with E-state index in [2.05, 4.69) is 9.47 Å². The summed E-state index contributed by atoms with van der Waals surface area (Å²) in [4.78, 5) is 11.2. The first kappa shape index (κ1) is 13.9. The van der Waals surface area contributed by atoms with E-state index >= 15 is 0 Å². The van der Waals surface area contributed by atoms with Crippen molar-refractivity contribution in [1.29, 1.82) is 5.26 Å². The summed E-state index contributed by atoms with van der Waals surface area (Å²) in [6, 6.07) is 1.49. The van der Waals surface area contributed by atoms with Crippen molar-refractivity contribution in [1.82, 2.24) is 0 Å². The molecule has 0 spiro atoms. The lowest BCUT2D eigenvalue weighted by Gasteiger charge is -2.09. The Balaban J connectivity index is 4.27. The van der Waals surface area contributed by atoms with Crippen LogP contribution in [0, 0.1) is 11.3 Å². The largest absolute Gasteiger partial charge is 0.462 e. The lowest BCUT2D eigenvalue weighted by Crippen LogP contribution is -2.31. The van der Waals surface area contributed by atoms with Gasteiger partial charge in [0.25, 0.3) is 0 Å². The molecule has 0 amide bonds. The summed E-state index contributed by atoms with van der Waals surface area (Å²) in [6.45, 7) is 1.40. The van der Waals surface area contributed by atoms with Gasteiger partial charge in [-0.2, -0.15) is 5.26 Å². The van der Waals surface area contributed by atoms with Crippen LogP contribution in [0.25, 0.3) is 0 Å². The van der Waals surface area contributed by atoms with Gasteiger partial charge in [-0.15, -0.1) is 0 Å². The van der Waals surface area contributed by atoms with Crippen molar-refractivity contribution in [2.24, 2.45) is 0 Å². The molecule has 86 valence electrons. The summed E-state index contributed by atoms with van der Waals surface area (Å²) in [5.41, 5.74) is 0. The van der Waals surface area contributed by atoms with E-state index in [0.29, 0.717) is 0 Å². The minimum atomic E-state index is -3.72. The molecule has 0 aromatic rings. The average Bonchev–Trinajstić information content (AvgIpc) is 2.16. The van der Waals surface area contributed by atoms with E-state index in [1.54, 1.807) is 0 Å². The standard InChI is InChI=1S/C8H13NO5S/c1-7(15(11,12)6-3-9)8(10)14-5-4-13-2/h7H,4-6H2,1-2H3. The summed E-state index contributed by atoms with van der Waals surface area (Å²) in [5.74, 6) is -1.55. The molecule has 0 radical (unpaired) electrons. The Labute approximate surface area is 88.7 Å². The van der Waals surface area contributed by atoms with Crippen LogP contribution in [-0.4, -0.2) is 45.7 Å². The van der Waals surface area contributed by atoms with Gasteiger partial charge in [0.2, 0.25) is 0 Å². The summed E-state index contributed by atoms with van der Waals surface area (Å²) in [5, 5.41) is 6.93. The second-order valence-corrected chi connectivity index (χ2v) is 5.09. The molecule has 0 N–H and O–H groups in total. The van der Waals surface area contributed by atoms with E-state index in [1.807, 2.05) is 0 Å². The highest BCUT2D eigenvalue weighted by molar-refractivity contribution is 7.92. The molecular formula is C8H13NO5S. The Hall–Kier alpha value is -1.13. The van der Waals surface area contributed by atoms with Gasteiger partial charge < -0.3 is 9.47 Å². The topological polar surface area (TPSA) is 93.5 Å². The zero-order chi connectivity index (χ0) is 11.9. The molecule has 15 heavy (non-hydrogen) atoms. The minimum Gasteiger partial charge on any atom is -0.462 e. The monoisotopic (exact) mass is 235 g/mol. The Morgan fingerprint density at radius 1 is 1.47 bits per heavy atom. The number of carbonyl (C=O) groups is 1. The maximum atomic E-state index is 11.3.